The molecular formula is C12H24ClNO2S. The van der Waals surface area contributed by atoms with Crippen molar-refractivity contribution in [3.8, 4) is 0 Å². The molecule has 0 atom stereocenters. The molecule has 1 saturated carbocycles. The first-order valence-corrected chi connectivity index (χ1v) is 8.76. The lowest BCUT2D eigenvalue weighted by Crippen LogP contribution is -2.36. The van der Waals surface area contributed by atoms with Crippen molar-refractivity contribution in [3.63, 3.8) is 0 Å². The number of rotatable bonds is 8. The molecule has 0 heterocycles. The first kappa shape index (κ1) is 15.3. The summed E-state index contributed by atoms with van der Waals surface area (Å²) in [5, 5.41) is 0. The van der Waals surface area contributed by atoms with E-state index in [1.54, 1.807) is 0 Å². The first-order valence-electron chi connectivity index (χ1n) is 6.57. The zero-order chi connectivity index (χ0) is 12.8. The van der Waals surface area contributed by atoms with Crippen LogP contribution in [0.2, 0.25) is 0 Å². The van der Waals surface area contributed by atoms with Crippen molar-refractivity contribution < 1.29 is 8.42 Å². The van der Waals surface area contributed by atoms with E-state index in [2.05, 4.69) is 11.6 Å². The minimum Gasteiger partial charge on any atom is -0.215 e. The van der Waals surface area contributed by atoms with Crippen molar-refractivity contribution in [1.29, 1.82) is 0 Å². The average Bonchev–Trinajstić information content (AvgIpc) is 2.76. The summed E-state index contributed by atoms with van der Waals surface area (Å²) < 4.78 is 26.3. The Morgan fingerprint density at radius 2 is 1.88 bits per heavy atom. The third kappa shape index (κ3) is 5.14. The summed E-state index contributed by atoms with van der Waals surface area (Å²) in [5.74, 6) is 0.744. The van der Waals surface area contributed by atoms with Gasteiger partial charge in [0.2, 0.25) is 10.0 Å². The summed E-state index contributed by atoms with van der Waals surface area (Å²) in [6.07, 6.45) is 7.28. The van der Waals surface area contributed by atoms with Gasteiger partial charge in [-0.15, -0.1) is 11.6 Å². The van der Waals surface area contributed by atoms with Gasteiger partial charge in [-0.3, -0.25) is 0 Å². The lowest BCUT2D eigenvalue weighted by Gasteiger charge is -2.27. The van der Waals surface area contributed by atoms with Crippen LogP contribution in [0.1, 0.15) is 51.9 Å². The van der Waals surface area contributed by atoms with Crippen molar-refractivity contribution in [3.05, 3.63) is 0 Å². The van der Waals surface area contributed by atoms with E-state index in [1.165, 1.54) is 12.8 Å². The predicted molar refractivity (Wildman–Crippen MR) is 72.9 cm³/mol. The molecule has 1 aliphatic rings. The fourth-order valence-corrected chi connectivity index (χ4v) is 3.95. The molecule has 1 N–H and O–H groups in total. The molecule has 0 amide bonds. The van der Waals surface area contributed by atoms with E-state index in [1.807, 2.05) is 0 Å². The largest absolute Gasteiger partial charge is 0.215 e. The Balaban J connectivity index is 2.37. The molecule has 0 radical (unpaired) electrons. The second-order valence-electron chi connectivity index (χ2n) is 5.10. The maximum atomic E-state index is 11.8. The number of sulfonamides is 1. The van der Waals surface area contributed by atoms with E-state index in [0.717, 1.165) is 25.7 Å². The normalized spacial score (nSPS) is 19.6. The number of hydrogen-bond acceptors (Lipinski definition) is 2. The van der Waals surface area contributed by atoms with E-state index in [-0.39, 0.29) is 11.2 Å². The molecule has 1 rings (SSSR count). The molecule has 0 aromatic carbocycles. The van der Waals surface area contributed by atoms with Gasteiger partial charge in [-0.05, 0) is 37.5 Å². The third-order valence-electron chi connectivity index (χ3n) is 3.88. The Morgan fingerprint density at radius 3 is 2.41 bits per heavy atom. The molecule has 1 fully saturated rings. The smallest absolute Gasteiger partial charge is 0.211 e. The van der Waals surface area contributed by atoms with Crippen LogP contribution in [-0.2, 0) is 10.0 Å². The van der Waals surface area contributed by atoms with Gasteiger partial charge in [-0.25, -0.2) is 13.1 Å². The highest BCUT2D eigenvalue weighted by Gasteiger charge is 2.32. The molecule has 102 valence electrons. The molecule has 3 nitrogen and oxygen atoms in total. The summed E-state index contributed by atoms with van der Waals surface area (Å²) in [7, 11) is -3.10. The van der Waals surface area contributed by atoms with Gasteiger partial charge >= 0.3 is 0 Å². The zero-order valence-electron chi connectivity index (χ0n) is 10.7. The summed E-state index contributed by atoms with van der Waals surface area (Å²) in [4.78, 5) is 0. The fraction of sp³-hybridized carbons (Fsp3) is 1.00. The second kappa shape index (κ2) is 6.95. The van der Waals surface area contributed by atoms with Crippen molar-refractivity contribution in [2.24, 2.45) is 5.41 Å². The number of nitrogens with one attached hydrogen (secondary N) is 1. The van der Waals surface area contributed by atoms with Crippen molar-refractivity contribution >= 4 is 21.6 Å². The van der Waals surface area contributed by atoms with E-state index in [4.69, 9.17) is 11.6 Å². The van der Waals surface area contributed by atoms with Crippen molar-refractivity contribution in [2.45, 2.75) is 51.9 Å². The summed E-state index contributed by atoms with van der Waals surface area (Å²) in [6.45, 7) is 2.78. The van der Waals surface area contributed by atoms with E-state index in [9.17, 15) is 8.42 Å². The molecule has 0 unspecified atom stereocenters. The Morgan fingerprint density at radius 1 is 1.24 bits per heavy atom. The number of hydrogen-bond donors (Lipinski definition) is 1. The topological polar surface area (TPSA) is 46.2 Å². The molecule has 1 aliphatic carbocycles. The molecule has 0 saturated heterocycles. The number of alkyl halides is 1. The van der Waals surface area contributed by atoms with E-state index >= 15 is 0 Å². The highest BCUT2D eigenvalue weighted by molar-refractivity contribution is 7.89. The lowest BCUT2D eigenvalue weighted by atomic mass is 9.84. The van der Waals surface area contributed by atoms with Crippen LogP contribution in [0, 0.1) is 5.41 Å². The van der Waals surface area contributed by atoms with Crippen LogP contribution >= 0.6 is 11.6 Å². The van der Waals surface area contributed by atoms with Crippen molar-refractivity contribution in [2.75, 3.05) is 18.2 Å². The average molecular weight is 282 g/mol. The zero-order valence-corrected chi connectivity index (χ0v) is 12.2. The van der Waals surface area contributed by atoms with Gasteiger partial charge in [0.15, 0.2) is 0 Å². The highest BCUT2D eigenvalue weighted by Crippen LogP contribution is 2.40. The molecule has 0 aliphatic heterocycles. The second-order valence-corrected chi connectivity index (χ2v) is 7.40. The highest BCUT2D eigenvalue weighted by atomic mass is 35.5. The monoisotopic (exact) mass is 281 g/mol. The summed E-state index contributed by atoms with van der Waals surface area (Å²) in [6, 6.07) is 0. The van der Waals surface area contributed by atoms with Gasteiger partial charge < -0.3 is 0 Å². The Labute approximate surface area is 110 Å². The minimum absolute atomic E-state index is 0.208. The van der Waals surface area contributed by atoms with E-state index < -0.39 is 10.0 Å². The van der Waals surface area contributed by atoms with Gasteiger partial charge in [-0.1, -0.05) is 19.8 Å². The van der Waals surface area contributed by atoms with Crippen LogP contribution in [0.15, 0.2) is 0 Å². The van der Waals surface area contributed by atoms with Crippen LogP contribution in [0.3, 0.4) is 0 Å². The van der Waals surface area contributed by atoms with Gasteiger partial charge in [0, 0.05) is 12.4 Å². The maximum Gasteiger partial charge on any atom is 0.211 e. The third-order valence-corrected chi connectivity index (χ3v) is 5.56. The Bertz CT molecular complexity index is 310. The predicted octanol–water partition coefficient (Wildman–Crippen LogP) is 2.90. The van der Waals surface area contributed by atoms with E-state index in [0.29, 0.717) is 18.8 Å². The lowest BCUT2D eigenvalue weighted by molar-refractivity contribution is 0.285. The number of halogens is 1. The van der Waals surface area contributed by atoms with Gasteiger partial charge in [0.1, 0.15) is 0 Å². The molecule has 5 heteroatoms. The number of unbranched alkanes of at least 4 members (excludes halogenated alkanes) is 1. The molecule has 0 bridgehead atoms. The Hall–Kier alpha value is 0.200. The van der Waals surface area contributed by atoms with Crippen LogP contribution in [0.5, 0.6) is 0 Å². The van der Waals surface area contributed by atoms with Crippen LogP contribution in [0.25, 0.3) is 0 Å². The first-order chi connectivity index (χ1) is 8.04. The van der Waals surface area contributed by atoms with Crippen LogP contribution in [0.4, 0.5) is 0 Å². The summed E-state index contributed by atoms with van der Waals surface area (Å²) >= 11 is 5.54. The fourth-order valence-electron chi connectivity index (χ4n) is 2.50. The molecular weight excluding hydrogens is 258 g/mol. The molecule has 0 aromatic rings. The molecule has 17 heavy (non-hydrogen) atoms. The van der Waals surface area contributed by atoms with Gasteiger partial charge in [-0.2, -0.15) is 0 Å². The molecule has 0 aromatic heterocycles. The standard InChI is InChI=1S/C12H24ClNO2S/c1-2-12(7-3-4-8-12)11-14-17(15,16)10-6-5-9-13/h14H,2-11H2,1H3. The maximum absolute atomic E-state index is 11.8. The minimum atomic E-state index is -3.10. The van der Waals surface area contributed by atoms with Gasteiger partial charge in [0.25, 0.3) is 0 Å². The summed E-state index contributed by atoms with van der Waals surface area (Å²) in [5.41, 5.74) is 0.222. The SMILES string of the molecule is CCC1(CNS(=O)(=O)CCCCCl)CCCC1. The van der Waals surface area contributed by atoms with Crippen LogP contribution in [-0.4, -0.2) is 26.6 Å². The quantitative estimate of drug-likeness (QED) is 0.549. The van der Waals surface area contributed by atoms with Gasteiger partial charge in [0.05, 0.1) is 5.75 Å². The molecule has 0 spiro atoms. The van der Waals surface area contributed by atoms with Crippen LogP contribution < -0.4 is 4.72 Å². The van der Waals surface area contributed by atoms with Crippen molar-refractivity contribution in [1.82, 2.24) is 4.72 Å². The Kier molecular flexibility index (Phi) is 6.24.